The molecule has 1 aromatic carbocycles. The second-order valence-electron chi connectivity index (χ2n) is 4.90. The molecule has 0 aliphatic carbocycles. The number of aliphatic imine (C=N–C) groups is 1. The van der Waals surface area contributed by atoms with Gasteiger partial charge in [-0.3, -0.25) is 0 Å². The molecular formula is C16H27N3O. The zero-order chi connectivity index (χ0) is 14.8. The largest absolute Gasteiger partial charge is 0.380 e. The molecule has 1 atom stereocenters. The zero-order valence-electron chi connectivity index (χ0n) is 13.1. The summed E-state index contributed by atoms with van der Waals surface area (Å²) in [5.41, 5.74) is 2.38. The van der Waals surface area contributed by atoms with Crippen LogP contribution in [0.25, 0.3) is 0 Å². The number of nitrogens with one attached hydrogen (secondary N) is 2. The maximum atomic E-state index is 5.15. The van der Waals surface area contributed by atoms with Gasteiger partial charge in [0.1, 0.15) is 0 Å². The van der Waals surface area contributed by atoms with E-state index in [-0.39, 0.29) is 0 Å². The average Bonchev–Trinajstić information content (AvgIpc) is 2.45. The lowest BCUT2D eigenvalue weighted by Crippen LogP contribution is -2.41. The first-order valence-electron chi connectivity index (χ1n) is 7.31. The van der Waals surface area contributed by atoms with Crippen LogP contribution in [0.3, 0.4) is 0 Å². The zero-order valence-corrected chi connectivity index (χ0v) is 13.1. The van der Waals surface area contributed by atoms with Crippen LogP contribution in [-0.4, -0.2) is 25.7 Å². The molecule has 0 saturated heterocycles. The standard InChI is InChI=1S/C16H27N3O/c1-5-13(3)19-16(17-6-2)18-11-14-8-7-9-15(10-14)12-20-4/h7-10,13H,5-6,11-12H2,1-4H3,(H2,17,18,19). The molecule has 0 bridgehead atoms. The van der Waals surface area contributed by atoms with E-state index in [1.54, 1.807) is 7.11 Å². The van der Waals surface area contributed by atoms with Crippen molar-refractivity contribution < 1.29 is 4.74 Å². The van der Waals surface area contributed by atoms with Crippen molar-refractivity contribution in [3.8, 4) is 0 Å². The summed E-state index contributed by atoms with van der Waals surface area (Å²) in [4.78, 5) is 4.63. The van der Waals surface area contributed by atoms with E-state index in [1.807, 2.05) is 6.07 Å². The first kappa shape index (κ1) is 16.5. The van der Waals surface area contributed by atoms with E-state index < -0.39 is 0 Å². The molecule has 0 aliphatic heterocycles. The molecule has 0 saturated carbocycles. The summed E-state index contributed by atoms with van der Waals surface area (Å²) in [6, 6.07) is 8.77. The summed E-state index contributed by atoms with van der Waals surface area (Å²) in [5, 5.41) is 6.66. The Morgan fingerprint density at radius 2 is 2.05 bits per heavy atom. The molecule has 0 fully saturated rings. The van der Waals surface area contributed by atoms with Crippen LogP contribution in [0, 0.1) is 0 Å². The van der Waals surface area contributed by atoms with E-state index >= 15 is 0 Å². The molecular weight excluding hydrogens is 250 g/mol. The third kappa shape index (κ3) is 6.06. The van der Waals surface area contributed by atoms with E-state index in [1.165, 1.54) is 11.1 Å². The lowest BCUT2D eigenvalue weighted by atomic mass is 10.1. The molecule has 0 aromatic heterocycles. The van der Waals surface area contributed by atoms with Crippen LogP contribution in [0.5, 0.6) is 0 Å². The number of hydrogen-bond acceptors (Lipinski definition) is 2. The van der Waals surface area contributed by atoms with Crippen LogP contribution in [-0.2, 0) is 17.9 Å². The van der Waals surface area contributed by atoms with Crippen molar-refractivity contribution in [2.45, 2.75) is 46.4 Å². The Morgan fingerprint density at radius 1 is 1.30 bits per heavy atom. The van der Waals surface area contributed by atoms with E-state index in [4.69, 9.17) is 4.74 Å². The summed E-state index contributed by atoms with van der Waals surface area (Å²) in [6.07, 6.45) is 1.08. The lowest BCUT2D eigenvalue weighted by molar-refractivity contribution is 0.185. The number of benzene rings is 1. The average molecular weight is 277 g/mol. The number of rotatable bonds is 7. The van der Waals surface area contributed by atoms with Crippen LogP contribution >= 0.6 is 0 Å². The molecule has 20 heavy (non-hydrogen) atoms. The highest BCUT2D eigenvalue weighted by Gasteiger charge is 2.02. The highest BCUT2D eigenvalue weighted by atomic mass is 16.5. The van der Waals surface area contributed by atoms with Gasteiger partial charge >= 0.3 is 0 Å². The topological polar surface area (TPSA) is 45.7 Å². The summed E-state index contributed by atoms with van der Waals surface area (Å²) in [5.74, 6) is 0.874. The number of guanidine groups is 1. The van der Waals surface area contributed by atoms with Crippen LogP contribution in [0.2, 0.25) is 0 Å². The lowest BCUT2D eigenvalue weighted by Gasteiger charge is -2.16. The maximum absolute atomic E-state index is 5.15. The van der Waals surface area contributed by atoms with Gasteiger partial charge in [0.05, 0.1) is 13.2 Å². The molecule has 1 unspecified atom stereocenters. The summed E-state index contributed by atoms with van der Waals surface area (Å²) >= 11 is 0. The van der Waals surface area contributed by atoms with Gasteiger partial charge in [0.15, 0.2) is 5.96 Å². The second kappa shape index (κ2) is 9.37. The SMILES string of the molecule is CCNC(=NCc1cccc(COC)c1)NC(C)CC. The van der Waals surface area contributed by atoms with Crippen molar-refractivity contribution in [1.82, 2.24) is 10.6 Å². The molecule has 0 radical (unpaired) electrons. The fraction of sp³-hybridized carbons (Fsp3) is 0.562. The first-order chi connectivity index (χ1) is 9.69. The smallest absolute Gasteiger partial charge is 0.191 e. The van der Waals surface area contributed by atoms with Crippen molar-refractivity contribution in [2.24, 2.45) is 4.99 Å². The molecule has 1 aromatic rings. The van der Waals surface area contributed by atoms with Crippen LogP contribution in [0.4, 0.5) is 0 Å². The van der Waals surface area contributed by atoms with E-state index in [0.717, 1.165) is 18.9 Å². The predicted octanol–water partition coefficient (Wildman–Crippen LogP) is 2.69. The molecule has 0 amide bonds. The normalized spacial score (nSPS) is 13.1. The first-order valence-corrected chi connectivity index (χ1v) is 7.31. The van der Waals surface area contributed by atoms with E-state index in [0.29, 0.717) is 19.2 Å². The van der Waals surface area contributed by atoms with Gasteiger partial charge in [-0.1, -0.05) is 31.2 Å². The minimum Gasteiger partial charge on any atom is -0.380 e. The van der Waals surface area contributed by atoms with E-state index in [2.05, 4.69) is 54.6 Å². The molecule has 4 heteroatoms. The van der Waals surface area contributed by atoms with Gasteiger partial charge in [0, 0.05) is 19.7 Å². The fourth-order valence-electron chi connectivity index (χ4n) is 1.81. The van der Waals surface area contributed by atoms with Gasteiger partial charge in [-0.2, -0.15) is 0 Å². The summed E-state index contributed by atoms with van der Waals surface area (Å²) in [6.45, 7) is 8.58. The van der Waals surface area contributed by atoms with E-state index in [9.17, 15) is 0 Å². The Labute approximate surface area is 122 Å². The number of hydrogen-bond donors (Lipinski definition) is 2. The Kier molecular flexibility index (Phi) is 7.73. The van der Waals surface area contributed by atoms with Crippen molar-refractivity contribution >= 4 is 5.96 Å². The molecule has 0 heterocycles. The Balaban J connectivity index is 2.68. The Morgan fingerprint density at radius 3 is 2.70 bits per heavy atom. The van der Waals surface area contributed by atoms with Crippen molar-refractivity contribution in [2.75, 3.05) is 13.7 Å². The molecule has 1 rings (SSSR count). The van der Waals surface area contributed by atoms with Gasteiger partial charge in [0.2, 0.25) is 0 Å². The van der Waals surface area contributed by atoms with Crippen LogP contribution in [0.15, 0.2) is 29.3 Å². The van der Waals surface area contributed by atoms with Crippen molar-refractivity contribution in [1.29, 1.82) is 0 Å². The van der Waals surface area contributed by atoms with Crippen LogP contribution < -0.4 is 10.6 Å². The minimum atomic E-state index is 0.424. The van der Waals surface area contributed by atoms with Gasteiger partial charge in [0.25, 0.3) is 0 Å². The molecule has 112 valence electrons. The maximum Gasteiger partial charge on any atom is 0.191 e. The molecule has 2 N–H and O–H groups in total. The molecule has 0 aliphatic rings. The number of ether oxygens (including phenoxy) is 1. The van der Waals surface area contributed by atoms with Crippen molar-refractivity contribution in [3.05, 3.63) is 35.4 Å². The monoisotopic (exact) mass is 277 g/mol. The predicted molar refractivity (Wildman–Crippen MR) is 84.9 cm³/mol. The fourth-order valence-corrected chi connectivity index (χ4v) is 1.81. The Bertz CT molecular complexity index is 418. The quantitative estimate of drug-likeness (QED) is 0.595. The van der Waals surface area contributed by atoms with Gasteiger partial charge in [-0.15, -0.1) is 0 Å². The third-order valence-corrected chi connectivity index (χ3v) is 3.06. The van der Waals surface area contributed by atoms with Gasteiger partial charge in [-0.05, 0) is 31.4 Å². The molecule has 0 spiro atoms. The highest BCUT2D eigenvalue weighted by molar-refractivity contribution is 5.80. The van der Waals surface area contributed by atoms with Crippen molar-refractivity contribution in [3.63, 3.8) is 0 Å². The molecule has 4 nitrogen and oxygen atoms in total. The number of methoxy groups -OCH3 is 1. The highest BCUT2D eigenvalue weighted by Crippen LogP contribution is 2.07. The third-order valence-electron chi connectivity index (χ3n) is 3.06. The van der Waals surface area contributed by atoms with Gasteiger partial charge in [-0.25, -0.2) is 4.99 Å². The second-order valence-corrected chi connectivity index (χ2v) is 4.90. The Hall–Kier alpha value is -1.55. The van der Waals surface area contributed by atoms with Gasteiger partial charge < -0.3 is 15.4 Å². The summed E-state index contributed by atoms with van der Waals surface area (Å²) in [7, 11) is 1.71. The number of nitrogens with zero attached hydrogens (tertiary/aromatic N) is 1. The summed E-state index contributed by atoms with van der Waals surface area (Å²) < 4.78 is 5.15. The van der Waals surface area contributed by atoms with Crippen LogP contribution in [0.1, 0.15) is 38.3 Å². The minimum absolute atomic E-state index is 0.424.